The second-order valence-electron chi connectivity index (χ2n) is 4.20. The average Bonchev–Trinajstić information content (AvgIpc) is 2.49. The Morgan fingerprint density at radius 3 is 2.75 bits per heavy atom. The van der Waals surface area contributed by atoms with Gasteiger partial charge in [-0.2, -0.15) is 0 Å². The number of aliphatic hydroxyl groups is 1. The van der Waals surface area contributed by atoms with Crippen LogP contribution in [0, 0.1) is 0 Å². The van der Waals surface area contributed by atoms with Gasteiger partial charge in [0, 0.05) is 17.1 Å². The van der Waals surface area contributed by atoms with Crippen molar-refractivity contribution < 1.29 is 5.11 Å². The minimum Gasteiger partial charge on any atom is -0.392 e. The van der Waals surface area contributed by atoms with Crippen molar-refractivity contribution in [2.75, 3.05) is 0 Å². The Balaban J connectivity index is 2.08. The van der Waals surface area contributed by atoms with Crippen LogP contribution >= 0.6 is 23.4 Å². The van der Waals surface area contributed by atoms with E-state index in [4.69, 9.17) is 11.6 Å². The van der Waals surface area contributed by atoms with Crippen molar-refractivity contribution in [3.63, 3.8) is 0 Å². The van der Waals surface area contributed by atoms with E-state index in [0.717, 1.165) is 21.5 Å². The number of halogens is 1. The highest BCUT2D eigenvalue weighted by Crippen LogP contribution is 2.33. The summed E-state index contributed by atoms with van der Waals surface area (Å²) in [4.78, 5) is 8.83. The van der Waals surface area contributed by atoms with Crippen LogP contribution in [-0.4, -0.2) is 15.1 Å². The van der Waals surface area contributed by atoms with E-state index >= 15 is 0 Å². The monoisotopic (exact) mass is 302 g/mol. The van der Waals surface area contributed by atoms with E-state index in [1.54, 1.807) is 18.3 Å². The van der Waals surface area contributed by atoms with Gasteiger partial charge >= 0.3 is 0 Å². The number of hydrogen-bond acceptors (Lipinski definition) is 4. The van der Waals surface area contributed by atoms with Gasteiger partial charge in [0.25, 0.3) is 0 Å². The maximum Gasteiger partial charge on any atom is 0.121 e. The zero-order valence-corrected chi connectivity index (χ0v) is 12.0. The summed E-state index contributed by atoms with van der Waals surface area (Å²) < 4.78 is 0. The molecule has 0 aliphatic rings. The molecule has 0 unspecified atom stereocenters. The third kappa shape index (κ3) is 2.63. The summed E-state index contributed by atoms with van der Waals surface area (Å²) in [6.07, 6.45) is 1.69. The van der Waals surface area contributed by atoms with Gasteiger partial charge in [0.15, 0.2) is 0 Å². The van der Waals surface area contributed by atoms with E-state index in [9.17, 15) is 5.11 Å². The van der Waals surface area contributed by atoms with Crippen molar-refractivity contribution >= 4 is 34.3 Å². The van der Waals surface area contributed by atoms with Crippen molar-refractivity contribution in [3.05, 3.63) is 59.2 Å². The van der Waals surface area contributed by atoms with E-state index in [0.29, 0.717) is 10.0 Å². The molecule has 2 aromatic heterocycles. The zero-order valence-electron chi connectivity index (χ0n) is 10.5. The normalized spacial score (nSPS) is 10.9. The molecule has 0 aliphatic carbocycles. The standard InChI is InChI=1S/C15H11ClN2OS/c16-12-5-3-7-17-15(12)20-14-11(9-19)8-10-4-1-2-6-13(10)18-14/h1-8,19H,9H2. The summed E-state index contributed by atoms with van der Waals surface area (Å²) in [7, 11) is 0. The first-order valence-electron chi connectivity index (χ1n) is 6.06. The van der Waals surface area contributed by atoms with Gasteiger partial charge in [0.05, 0.1) is 17.1 Å². The van der Waals surface area contributed by atoms with Gasteiger partial charge in [-0.25, -0.2) is 9.97 Å². The van der Waals surface area contributed by atoms with Crippen LogP contribution in [0.1, 0.15) is 5.56 Å². The molecule has 0 spiro atoms. The Kier molecular flexibility index (Phi) is 3.87. The first kappa shape index (κ1) is 13.4. The van der Waals surface area contributed by atoms with Gasteiger partial charge in [-0.05, 0) is 36.0 Å². The molecule has 20 heavy (non-hydrogen) atoms. The van der Waals surface area contributed by atoms with Gasteiger partial charge in [-0.15, -0.1) is 0 Å². The van der Waals surface area contributed by atoms with Gasteiger partial charge in [-0.1, -0.05) is 29.8 Å². The maximum absolute atomic E-state index is 9.52. The number of para-hydroxylation sites is 1. The third-order valence-electron chi connectivity index (χ3n) is 2.85. The zero-order chi connectivity index (χ0) is 13.9. The quantitative estimate of drug-likeness (QED) is 0.796. The van der Waals surface area contributed by atoms with Crippen LogP contribution in [-0.2, 0) is 6.61 Å². The summed E-state index contributed by atoms with van der Waals surface area (Å²) >= 11 is 7.48. The fourth-order valence-electron chi connectivity index (χ4n) is 1.88. The summed E-state index contributed by atoms with van der Waals surface area (Å²) in [5, 5.41) is 12.5. The molecule has 0 radical (unpaired) electrons. The van der Waals surface area contributed by atoms with E-state index in [-0.39, 0.29) is 6.61 Å². The number of benzene rings is 1. The second kappa shape index (κ2) is 5.79. The lowest BCUT2D eigenvalue weighted by atomic mass is 10.2. The van der Waals surface area contributed by atoms with Crippen LogP contribution < -0.4 is 0 Å². The van der Waals surface area contributed by atoms with E-state index in [1.165, 1.54) is 11.8 Å². The highest BCUT2D eigenvalue weighted by atomic mass is 35.5. The molecule has 0 amide bonds. The Morgan fingerprint density at radius 2 is 1.95 bits per heavy atom. The fraction of sp³-hybridized carbons (Fsp3) is 0.0667. The van der Waals surface area contributed by atoms with E-state index in [2.05, 4.69) is 9.97 Å². The highest BCUT2D eigenvalue weighted by Gasteiger charge is 2.10. The number of fused-ring (bicyclic) bond motifs is 1. The van der Waals surface area contributed by atoms with Crippen molar-refractivity contribution in [2.45, 2.75) is 16.7 Å². The third-order valence-corrected chi connectivity index (χ3v) is 4.33. The lowest BCUT2D eigenvalue weighted by Crippen LogP contribution is -1.93. The number of aliphatic hydroxyl groups excluding tert-OH is 1. The molecular formula is C15H11ClN2OS. The molecule has 3 aromatic rings. The molecule has 3 rings (SSSR count). The molecule has 1 aromatic carbocycles. The van der Waals surface area contributed by atoms with Crippen LogP contribution in [0.3, 0.4) is 0 Å². The minimum absolute atomic E-state index is 0.0649. The first-order valence-corrected chi connectivity index (χ1v) is 7.25. The largest absolute Gasteiger partial charge is 0.392 e. The van der Waals surface area contributed by atoms with Gasteiger partial charge in [0.1, 0.15) is 10.1 Å². The SMILES string of the molecule is OCc1cc2ccccc2nc1Sc1ncccc1Cl. The molecule has 5 heteroatoms. The summed E-state index contributed by atoms with van der Waals surface area (Å²) in [5.74, 6) is 0. The maximum atomic E-state index is 9.52. The molecule has 0 atom stereocenters. The summed E-state index contributed by atoms with van der Waals surface area (Å²) in [5.41, 5.74) is 1.66. The molecule has 0 fully saturated rings. The molecule has 2 heterocycles. The van der Waals surface area contributed by atoms with Crippen molar-refractivity contribution in [3.8, 4) is 0 Å². The lowest BCUT2D eigenvalue weighted by molar-refractivity contribution is 0.278. The molecule has 0 aliphatic heterocycles. The van der Waals surface area contributed by atoms with Crippen molar-refractivity contribution in [1.82, 2.24) is 9.97 Å². The Morgan fingerprint density at radius 1 is 1.10 bits per heavy atom. The number of nitrogens with zero attached hydrogens (tertiary/aromatic N) is 2. The van der Waals surface area contributed by atoms with Crippen molar-refractivity contribution in [2.24, 2.45) is 0 Å². The smallest absolute Gasteiger partial charge is 0.121 e. The number of pyridine rings is 2. The van der Waals surface area contributed by atoms with Crippen LogP contribution in [0.15, 0.2) is 58.7 Å². The Labute approximate surface area is 125 Å². The summed E-state index contributed by atoms with van der Waals surface area (Å²) in [6.45, 7) is -0.0649. The molecule has 0 saturated carbocycles. The van der Waals surface area contributed by atoms with E-state index in [1.807, 2.05) is 30.3 Å². The number of aromatic nitrogens is 2. The van der Waals surface area contributed by atoms with E-state index < -0.39 is 0 Å². The Hall–Kier alpha value is -1.62. The van der Waals surface area contributed by atoms with Crippen LogP contribution in [0.5, 0.6) is 0 Å². The molecule has 3 nitrogen and oxygen atoms in total. The Bertz CT molecular complexity index is 764. The predicted molar refractivity (Wildman–Crippen MR) is 81.0 cm³/mol. The molecule has 0 saturated heterocycles. The van der Waals surface area contributed by atoms with Gasteiger partial charge in [-0.3, -0.25) is 0 Å². The molecule has 0 bridgehead atoms. The van der Waals surface area contributed by atoms with Gasteiger partial charge in [0.2, 0.25) is 0 Å². The van der Waals surface area contributed by atoms with Crippen LogP contribution in [0.4, 0.5) is 0 Å². The number of rotatable bonds is 3. The predicted octanol–water partition coefficient (Wildman–Crippen LogP) is 3.93. The second-order valence-corrected chi connectivity index (χ2v) is 5.58. The lowest BCUT2D eigenvalue weighted by Gasteiger charge is -2.08. The topological polar surface area (TPSA) is 46.0 Å². The van der Waals surface area contributed by atoms with Crippen LogP contribution in [0.25, 0.3) is 10.9 Å². The molecular weight excluding hydrogens is 292 g/mol. The fourth-order valence-corrected chi connectivity index (χ4v) is 2.98. The minimum atomic E-state index is -0.0649. The molecule has 100 valence electrons. The van der Waals surface area contributed by atoms with Crippen LogP contribution in [0.2, 0.25) is 5.02 Å². The average molecular weight is 303 g/mol. The number of hydrogen-bond donors (Lipinski definition) is 1. The first-order chi connectivity index (χ1) is 9.78. The molecule has 1 N–H and O–H groups in total. The van der Waals surface area contributed by atoms with Crippen molar-refractivity contribution in [1.29, 1.82) is 0 Å². The summed E-state index contributed by atoms with van der Waals surface area (Å²) in [6, 6.07) is 13.3. The highest BCUT2D eigenvalue weighted by molar-refractivity contribution is 7.99. The van der Waals surface area contributed by atoms with Gasteiger partial charge < -0.3 is 5.11 Å².